The van der Waals surface area contributed by atoms with E-state index in [-0.39, 0.29) is 48.0 Å². The summed E-state index contributed by atoms with van der Waals surface area (Å²) in [4.78, 5) is 36.9. The molecule has 5 rings (SSSR count). The molecule has 4 aliphatic rings. The molecule has 0 saturated heterocycles. The summed E-state index contributed by atoms with van der Waals surface area (Å²) in [6, 6.07) is 0. The molecule has 10 heteroatoms. The van der Waals surface area contributed by atoms with Gasteiger partial charge in [0.15, 0.2) is 4.34 Å². The molecule has 49 heavy (non-hydrogen) atoms. The monoisotopic (exact) mass is 715 g/mol. The van der Waals surface area contributed by atoms with E-state index in [1.54, 1.807) is 6.92 Å². The van der Waals surface area contributed by atoms with Gasteiger partial charge < -0.3 is 14.8 Å². The molecule has 0 aliphatic heterocycles. The Morgan fingerprint density at radius 2 is 1.80 bits per heavy atom. The summed E-state index contributed by atoms with van der Waals surface area (Å²) in [6.07, 6.45) is 16.0. The molecule has 0 spiro atoms. The van der Waals surface area contributed by atoms with Gasteiger partial charge in [0.1, 0.15) is 6.10 Å². The first-order chi connectivity index (χ1) is 23.4. The normalized spacial score (nSPS) is 31.9. The minimum Gasteiger partial charge on any atom is -0.465 e. The largest absolute Gasteiger partial charge is 0.465 e. The number of carbonyl (C=O) groups is 3. The minimum absolute atomic E-state index is 0.0251. The average molecular weight is 716 g/mol. The predicted molar refractivity (Wildman–Crippen MR) is 197 cm³/mol. The smallest absolute Gasteiger partial charge is 0.316 e. The maximum atomic E-state index is 12.8. The molecule has 1 aromatic heterocycles. The zero-order valence-electron chi connectivity index (χ0n) is 31.1. The van der Waals surface area contributed by atoms with Crippen LogP contribution in [0.15, 0.2) is 16.0 Å². The van der Waals surface area contributed by atoms with E-state index >= 15 is 0 Å². The third-order valence-corrected chi connectivity index (χ3v) is 15.4. The van der Waals surface area contributed by atoms with Gasteiger partial charge in [-0.05, 0) is 111 Å². The molecular weight excluding hydrogens is 655 g/mol. The summed E-state index contributed by atoms with van der Waals surface area (Å²) in [7, 11) is 0. The van der Waals surface area contributed by atoms with Crippen molar-refractivity contribution in [3.8, 4) is 0 Å². The number of nitrogens with zero attached hydrogens (tertiary/aromatic N) is 2. The topological polar surface area (TPSA) is 107 Å². The minimum atomic E-state index is -0.320. The van der Waals surface area contributed by atoms with Gasteiger partial charge in [-0.3, -0.25) is 14.4 Å². The molecule has 0 aromatic carbocycles. The molecule has 3 saturated carbocycles. The van der Waals surface area contributed by atoms with Crippen molar-refractivity contribution in [1.82, 2.24) is 10.2 Å². The number of esters is 2. The predicted octanol–water partition coefficient (Wildman–Crippen LogP) is 9.50. The fourth-order valence-corrected chi connectivity index (χ4v) is 12.2. The number of fused-ring (bicyclic) bond motifs is 5. The van der Waals surface area contributed by atoms with E-state index in [1.807, 2.05) is 0 Å². The van der Waals surface area contributed by atoms with Crippen molar-refractivity contribution in [2.24, 2.45) is 52.3 Å². The number of aromatic nitrogens is 2. The van der Waals surface area contributed by atoms with E-state index in [1.165, 1.54) is 80.0 Å². The van der Waals surface area contributed by atoms with E-state index in [4.69, 9.17) is 9.47 Å². The Labute approximate surface area is 303 Å². The van der Waals surface area contributed by atoms with Crippen molar-refractivity contribution in [1.29, 1.82) is 0 Å². The van der Waals surface area contributed by atoms with Crippen LogP contribution < -0.4 is 5.32 Å². The number of rotatable bonds is 15. The van der Waals surface area contributed by atoms with E-state index in [2.05, 4.69) is 63.1 Å². The van der Waals surface area contributed by atoms with Crippen LogP contribution in [0, 0.1) is 52.3 Å². The maximum Gasteiger partial charge on any atom is 0.316 e. The highest BCUT2D eigenvalue weighted by Crippen LogP contribution is 2.67. The lowest BCUT2D eigenvalue weighted by atomic mass is 9.47. The van der Waals surface area contributed by atoms with Gasteiger partial charge in [-0.25, -0.2) is 0 Å². The molecule has 8 nitrogen and oxygen atoms in total. The van der Waals surface area contributed by atoms with E-state index in [9.17, 15) is 14.4 Å². The number of amides is 1. The van der Waals surface area contributed by atoms with Gasteiger partial charge in [-0.1, -0.05) is 89.1 Å². The molecule has 4 aliphatic carbocycles. The van der Waals surface area contributed by atoms with Crippen molar-refractivity contribution in [2.75, 3.05) is 17.7 Å². The lowest BCUT2D eigenvalue weighted by Gasteiger charge is -2.58. The van der Waals surface area contributed by atoms with E-state index < -0.39 is 0 Å². The number of thioether (sulfide) groups is 1. The van der Waals surface area contributed by atoms with Crippen molar-refractivity contribution in [3.63, 3.8) is 0 Å². The Morgan fingerprint density at radius 3 is 2.53 bits per heavy atom. The number of anilines is 1. The molecule has 3 fully saturated rings. The zero-order chi connectivity index (χ0) is 35.3. The molecule has 1 N–H and O–H groups in total. The number of hydrogen-bond acceptors (Lipinski definition) is 9. The van der Waals surface area contributed by atoms with Gasteiger partial charge in [0.05, 0.1) is 18.8 Å². The van der Waals surface area contributed by atoms with Crippen LogP contribution in [0.5, 0.6) is 0 Å². The highest BCUT2D eigenvalue weighted by atomic mass is 32.2. The maximum absolute atomic E-state index is 12.8. The average Bonchev–Trinajstić information content (AvgIpc) is 3.66. The number of carbonyl (C=O) groups excluding carboxylic acids is 3. The number of hydrogen-bond donors (Lipinski definition) is 1. The Hall–Kier alpha value is -1.94. The van der Waals surface area contributed by atoms with E-state index in [0.29, 0.717) is 21.5 Å². The van der Waals surface area contributed by atoms with Crippen LogP contribution in [-0.4, -0.2) is 46.5 Å². The molecule has 274 valence electrons. The molecule has 0 radical (unpaired) electrons. The van der Waals surface area contributed by atoms with Crippen LogP contribution >= 0.6 is 23.1 Å². The first kappa shape index (κ1) is 38.3. The van der Waals surface area contributed by atoms with Crippen molar-refractivity contribution in [3.05, 3.63) is 11.6 Å². The van der Waals surface area contributed by atoms with Gasteiger partial charge in [-0.15, -0.1) is 10.2 Å². The van der Waals surface area contributed by atoms with Crippen LogP contribution in [0.2, 0.25) is 0 Å². The number of allylic oxidation sites excluding steroid dienone is 1. The summed E-state index contributed by atoms with van der Waals surface area (Å²) in [5.41, 5.74) is 2.19. The molecular formula is C39H61N3O5S2. The Morgan fingerprint density at radius 1 is 1.00 bits per heavy atom. The van der Waals surface area contributed by atoms with Gasteiger partial charge in [0.25, 0.3) is 0 Å². The number of nitrogens with one attached hydrogen (secondary N) is 1. The van der Waals surface area contributed by atoms with Crippen molar-refractivity contribution >= 4 is 46.1 Å². The van der Waals surface area contributed by atoms with E-state index in [0.717, 1.165) is 60.7 Å². The molecule has 9 atom stereocenters. The molecule has 0 bridgehead atoms. The second kappa shape index (κ2) is 16.6. The van der Waals surface area contributed by atoms with Crippen LogP contribution in [0.3, 0.4) is 0 Å². The first-order valence-electron chi connectivity index (χ1n) is 19.2. The fraction of sp³-hybridized carbons (Fsp3) is 0.821. The van der Waals surface area contributed by atoms with Gasteiger partial charge in [0, 0.05) is 12.8 Å². The highest BCUT2D eigenvalue weighted by molar-refractivity contribution is 8.01. The lowest BCUT2D eigenvalue weighted by Crippen LogP contribution is -2.51. The summed E-state index contributed by atoms with van der Waals surface area (Å²) < 4.78 is 11.4. The summed E-state index contributed by atoms with van der Waals surface area (Å²) in [5, 5.41) is 11.0. The summed E-state index contributed by atoms with van der Waals surface area (Å²) >= 11 is 2.41. The van der Waals surface area contributed by atoms with Crippen LogP contribution in [0.1, 0.15) is 132 Å². The fourth-order valence-electron chi connectivity index (χ4n) is 10.7. The number of ether oxygens (including phenoxy) is 2. The highest BCUT2D eigenvalue weighted by Gasteiger charge is 2.59. The van der Waals surface area contributed by atoms with Gasteiger partial charge in [-0.2, -0.15) is 0 Å². The summed E-state index contributed by atoms with van der Waals surface area (Å²) in [6.45, 7) is 17.0. The Kier molecular flexibility index (Phi) is 13.0. The Balaban J connectivity index is 1.09. The molecule has 1 aromatic rings. The molecule has 1 amide bonds. The van der Waals surface area contributed by atoms with Crippen molar-refractivity contribution in [2.45, 2.75) is 142 Å². The lowest BCUT2D eigenvalue weighted by molar-refractivity contribution is -0.152. The van der Waals surface area contributed by atoms with Crippen LogP contribution in [-0.2, 0) is 23.9 Å². The van der Waals surface area contributed by atoms with Crippen LogP contribution in [0.4, 0.5) is 5.13 Å². The molecule has 1 heterocycles. The second-order valence-corrected chi connectivity index (χ2v) is 18.5. The quantitative estimate of drug-likeness (QED) is 0.0828. The Bertz CT molecular complexity index is 1350. The summed E-state index contributed by atoms with van der Waals surface area (Å²) in [5.74, 6) is 4.85. The zero-order valence-corrected chi connectivity index (χ0v) is 32.7. The van der Waals surface area contributed by atoms with Gasteiger partial charge in [0.2, 0.25) is 11.0 Å². The first-order valence-corrected chi connectivity index (χ1v) is 21.0. The standard InChI is InChI=1S/C39H61N3O5S2/c1-8-26(24(3)4)11-10-25(5)30-14-15-31-29-13-12-27-22-28(18-20-38(27,6)32(29)19-21-39(30,31)7)47-34(44)17-16-33(43)40-36-41-42-37(49-36)48-23-35(45)46-9-2/h12,24-26,28-32H,8-11,13-23H2,1-7H3,(H,40,41,43)/t25-,26-,28+,29+,30-,31+,32+,38+,39-/m1/s1. The SMILES string of the molecule is CCOC(=O)CSc1nnc(NC(=O)CCC(=O)O[C@H]2CC[C@@]3(C)C(=CC[C@H]4[C@@H]5CC[C@H]([C@H](C)CC[C@@H](CC)C(C)C)[C@@]5(C)CC[C@@H]43)C2)s1. The van der Waals surface area contributed by atoms with Crippen molar-refractivity contribution < 1.29 is 23.9 Å². The van der Waals surface area contributed by atoms with Crippen LogP contribution in [0.25, 0.3) is 0 Å². The van der Waals surface area contributed by atoms with Gasteiger partial charge >= 0.3 is 11.9 Å². The third kappa shape index (κ3) is 8.75. The molecule has 0 unspecified atom stereocenters. The second-order valence-electron chi connectivity index (χ2n) is 16.3. The third-order valence-electron chi connectivity index (χ3n) is 13.4.